The molecule has 6 nitrogen and oxygen atoms in total. The Hall–Kier alpha value is -1.40. The van der Waals surface area contributed by atoms with Gasteiger partial charge in [-0.1, -0.05) is 379 Å². The molecule has 0 fully saturated rings. The van der Waals surface area contributed by atoms with Crippen LogP contribution in [0.4, 0.5) is 0 Å². The van der Waals surface area contributed by atoms with E-state index in [2.05, 4.69) is 19.2 Å². The summed E-state index contributed by atoms with van der Waals surface area (Å²) in [6, 6.07) is -0.629. The van der Waals surface area contributed by atoms with Crippen molar-refractivity contribution in [3.8, 4) is 0 Å². The first kappa shape index (κ1) is 76.6. The average molecular weight is 1100 g/mol. The summed E-state index contributed by atoms with van der Waals surface area (Å²) in [6.45, 7) is 4.95. The number of aliphatic hydroxyl groups excluding tert-OH is 2. The second-order valence-corrected chi connectivity index (χ2v) is 24.9. The molecular weight excluding hydrogens is 959 g/mol. The Balaban J connectivity index is 3.40. The molecule has 3 N–H and O–H groups in total. The fraction of sp³-hybridized carbons (Fsp3) is 0.944. The van der Waals surface area contributed by atoms with E-state index in [0.717, 1.165) is 38.5 Å². The van der Waals surface area contributed by atoms with Crippen LogP contribution in [-0.4, -0.2) is 47.4 Å². The van der Waals surface area contributed by atoms with Crippen molar-refractivity contribution in [1.29, 1.82) is 0 Å². The molecule has 0 rings (SSSR count). The van der Waals surface area contributed by atoms with E-state index in [4.69, 9.17) is 4.74 Å². The molecule has 0 radical (unpaired) electrons. The van der Waals surface area contributed by atoms with Gasteiger partial charge in [0, 0.05) is 12.8 Å². The Labute approximate surface area is 489 Å². The van der Waals surface area contributed by atoms with Crippen molar-refractivity contribution < 1.29 is 24.5 Å². The largest absolute Gasteiger partial charge is 0.466 e. The average Bonchev–Trinajstić information content (AvgIpc) is 3.44. The van der Waals surface area contributed by atoms with Crippen LogP contribution >= 0.6 is 0 Å². The molecule has 0 aliphatic rings. The summed E-state index contributed by atoms with van der Waals surface area (Å²) < 4.78 is 5.49. The lowest BCUT2D eigenvalue weighted by Gasteiger charge is -2.20. The molecule has 0 aliphatic carbocycles. The predicted molar refractivity (Wildman–Crippen MR) is 343 cm³/mol. The van der Waals surface area contributed by atoms with E-state index in [1.807, 2.05) is 6.08 Å². The molecule has 0 bridgehead atoms. The highest BCUT2D eigenvalue weighted by atomic mass is 16.5. The molecule has 78 heavy (non-hydrogen) atoms. The lowest BCUT2D eigenvalue weighted by Crippen LogP contribution is -2.45. The minimum absolute atomic E-state index is 0.0162. The Morgan fingerprint density at radius 1 is 0.346 bits per heavy atom. The van der Waals surface area contributed by atoms with Gasteiger partial charge in [0.2, 0.25) is 5.91 Å². The molecule has 464 valence electrons. The fourth-order valence-corrected chi connectivity index (χ4v) is 11.6. The molecule has 0 aromatic rings. The van der Waals surface area contributed by atoms with Crippen LogP contribution in [0.3, 0.4) is 0 Å². The number of carbonyl (C=O) groups excluding carboxylic acids is 2. The summed E-state index contributed by atoms with van der Waals surface area (Å²) in [5, 5.41) is 23.3. The van der Waals surface area contributed by atoms with Crippen LogP contribution in [-0.2, 0) is 14.3 Å². The third-order valence-electron chi connectivity index (χ3n) is 17.1. The molecule has 0 aromatic carbocycles. The van der Waals surface area contributed by atoms with Crippen molar-refractivity contribution >= 4 is 11.9 Å². The number of allylic oxidation sites excluding steroid dienone is 1. The van der Waals surface area contributed by atoms with Crippen LogP contribution in [0.25, 0.3) is 0 Å². The highest BCUT2D eigenvalue weighted by Gasteiger charge is 2.18. The topological polar surface area (TPSA) is 95.9 Å². The number of carbonyl (C=O) groups is 2. The van der Waals surface area contributed by atoms with Crippen LogP contribution < -0.4 is 5.32 Å². The molecule has 0 aliphatic heterocycles. The Morgan fingerprint density at radius 3 is 0.872 bits per heavy atom. The second-order valence-electron chi connectivity index (χ2n) is 24.9. The normalized spacial score (nSPS) is 12.5. The highest BCUT2D eigenvalue weighted by molar-refractivity contribution is 5.76. The van der Waals surface area contributed by atoms with E-state index in [0.29, 0.717) is 19.4 Å². The van der Waals surface area contributed by atoms with Gasteiger partial charge in [0.05, 0.1) is 25.4 Å². The van der Waals surface area contributed by atoms with E-state index in [1.54, 1.807) is 6.08 Å². The fourth-order valence-electron chi connectivity index (χ4n) is 11.6. The number of esters is 1. The summed E-state index contributed by atoms with van der Waals surface area (Å²) in [5.41, 5.74) is 0. The number of hydrogen-bond acceptors (Lipinski definition) is 5. The first-order chi connectivity index (χ1) is 38.5. The van der Waals surface area contributed by atoms with E-state index in [1.165, 1.54) is 347 Å². The van der Waals surface area contributed by atoms with Crippen molar-refractivity contribution in [1.82, 2.24) is 5.32 Å². The molecule has 1 amide bonds. The maximum absolute atomic E-state index is 12.5. The molecule has 0 spiro atoms. The van der Waals surface area contributed by atoms with Gasteiger partial charge in [-0.15, -0.1) is 0 Å². The summed E-state index contributed by atoms with van der Waals surface area (Å²) in [6.07, 6.45) is 84.3. The molecular formula is C72H141NO5. The molecule has 0 aromatic heterocycles. The number of nitrogens with one attached hydrogen (secondary N) is 1. The van der Waals surface area contributed by atoms with E-state index in [-0.39, 0.29) is 18.5 Å². The first-order valence-corrected chi connectivity index (χ1v) is 36.0. The highest BCUT2D eigenvalue weighted by Crippen LogP contribution is 2.19. The number of ether oxygens (including phenoxy) is 1. The summed E-state index contributed by atoms with van der Waals surface area (Å²) in [4.78, 5) is 24.6. The molecule has 2 atom stereocenters. The Morgan fingerprint density at radius 2 is 0.590 bits per heavy atom. The third-order valence-corrected chi connectivity index (χ3v) is 17.1. The molecule has 6 heteroatoms. The standard InChI is InChI=1S/C72H141NO5/c1-3-5-7-9-11-13-15-17-19-20-21-22-23-24-25-28-31-34-37-40-44-48-52-56-60-64-70(75)69(68-74)73-71(76)65-61-57-53-49-45-41-38-35-32-29-26-27-30-33-36-39-43-47-51-55-59-63-67-78-72(77)66-62-58-54-50-46-42-18-16-14-12-10-8-6-4-2/h60,64,69-70,74-75H,3-59,61-63,65-68H2,1-2H3,(H,73,76)/b64-60+. The second kappa shape index (κ2) is 68.1. The van der Waals surface area contributed by atoms with Crippen molar-refractivity contribution in [2.75, 3.05) is 13.2 Å². The monoisotopic (exact) mass is 1100 g/mol. The van der Waals surface area contributed by atoms with E-state index < -0.39 is 12.1 Å². The third kappa shape index (κ3) is 63.8. The van der Waals surface area contributed by atoms with Gasteiger partial charge in [0.15, 0.2) is 0 Å². The number of aliphatic hydroxyl groups is 2. The minimum atomic E-state index is -0.845. The van der Waals surface area contributed by atoms with Crippen LogP contribution in [0.2, 0.25) is 0 Å². The summed E-state index contributed by atoms with van der Waals surface area (Å²) in [7, 11) is 0. The Bertz CT molecular complexity index is 1180. The van der Waals surface area contributed by atoms with Crippen molar-refractivity contribution in [2.24, 2.45) is 0 Å². The van der Waals surface area contributed by atoms with Gasteiger partial charge in [-0.05, 0) is 32.1 Å². The smallest absolute Gasteiger partial charge is 0.305 e. The van der Waals surface area contributed by atoms with Crippen molar-refractivity contribution in [2.45, 2.75) is 424 Å². The van der Waals surface area contributed by atoms with E-state index in [9.17, 15) is 19.8 Å². The minimum Gasteiger partial charge on any atom is -0.466 e. The zero-order valence-corrected chi connectivity index (χ0v) is 53.2. The van der Waals surface area contributed by atoms with Gasteiger partial charge in [0.1, 0.15) is 0 Å². The van der Waals surface area contributed by atoms with Gasteiger partial charge in [-0.2, -0.15) is 0 Å². The number of hydrogen-bond donors (Lipinski definition) is 3. The summed E-state index contributed by atoms with van der Waals surface area (Å²) >= 11 is 0. The van der Waals surface area contributed by atoms with Gasteiger partial charge < -0.3 is 20.3 Å². The van der Waals surface area contributed by atoms with Gasteiger partial charge in [0.25, 0.3) is 0 Å². The van der Waals surface area contributed by atoms with Gasteiger partial charge in [-0.3, -0.25) is 9.59 Å². The Kier molecular flexibility index (Phi) is 66.9. The zero-order valence-electron chi connectivity index (χ0n) is 53.2. The van der Waals surface area contributed by atoms with Gasteiger partial charge in [-0.25, -0.2) is 0 Å². The SMILES string of the molecule is CCCCCCCCCCCCCCCCCCCCCCCCC/C=C/C(O)C(CO)NC(=O)CCCCCCCCCCCCCCCCCCCCCCCCOC(=O)CCCCCCCCCCCCCCCC. The zero-order chi connectivity index (χ0) is 56.4. The van der Waals surface area contributed by atoms with Crippen molar-refractivity contribution in [3.63, 3.8) is 0 Å². The first-order valence-electron chi connectivity index (χ1n) is 36.0. The number of unbranched alkanes of at least 4 members (excludes halogenated alkanes) is 57. The predicted octanol–water partition coefficient (Wildman–Crippen LogP) is 23.1. The van der Waals surface area contributed by atoms with E-state index >= 15 is 0 Å². The quantitative estimate of drug-likeness (QED) is 0.0320. The maximum atomic E-state index is 12.5. The van der Waals surface area contributed by atoms with Crippen LogP contribution in [0.15, 0.2) is 12.2 Å². The van der Waals surface area contributed by atoms with Crippen LogP contribution in [0.1, 0.15) is 412 Å². The molecule has 0 saturated carbocycles. The summed E-state index contributed by atoms with van der Waals surface area (Å²) in [5.74, 6) is -0.0466. The maximum Gasteiger partial charge on any atom is 0.305 e. The van der Waals surface area contributed by atoms with Crippen LogP contribution in [0, 0.1) is 0 Å². The molecule has 0 heterocycles. The molecule has 0 saturated heterocycles. The van der Waals surface area contributed by atoms with Crippen LogP contribution in [0.5, 0.6) is 0 Å². The lowest BCUT2D eigenvalue weighted by molar-refractivity contribution is -0.143. The van der Waals surface area contributed by atoms with Gasteiger partial charge >= 0.3 is 5.97 Å². The lowest BCUT2D eigenvalue weighted by atomic mass is 10.0. The molecule has 2 unspecified atom stereocenters. The number of rotatable bonds is 68. The number of amides is 1. The van der Waals surface area contributed by atoms with Crippen molar-refractivity contribution in [3.05, 3.63) is 12.2 Å².